The van der Waals surface area contributed by atoms with Crippen LogP contribution in [0, 0.1) is 5.92 Å². The molecule has 208 valence electrons. The normalized spacial score (nSPS) is 23.2. The van der Waals surface area contributed by atoms with Crippen molar-refractivity contribution >= 4 is 11.8 Å². The van der Waals surface area contributed by atoms with E-state index in [4.69, 9.17) is 9.15 Å². The molecule has 0 saturated carbocycles. The number of carbonyl (C=O) groups is 2. The van der Waals surface area contributed by atoms with E-state index in [1.807, 2.05) is 18.7 Å². The molecule has 0 aliphatic carbocycles. The van der Waals surface area contributed by atoms with Crippen LogP contribution in [0.3, 0.4) is 0 Å². The summed E-state index contributed by atoms with van der Waals surface area (Å²) < 4.78 is 11.0. The summed E-state index contributed by atoms with van der Waals surface area (Å²) in [5.41, 5.74) is 0.316. The maximum absolute atomic E-state index is 13.1. The molecule has 2 atom stereocenters. The Bertz CT molecular complexity index is 863. The summed E-state index contributed by atoms with van der Waals surface area (Å²) in [6.07, 6.45) is 2.73. The standard InChI is InChI=1S/C26H44N6O5/c1-3-31(4-2)25(34)21-6-5-7-32(16-21)26(35)23-20-37-24(27-23)19-29-10-8-28(9-11-29)17-22(33)18-30-12-14-36-15-13-30/h20-22,33H,3-19H2,1-2H3. The lowest BCUT2D eigenvalue weighted by atomic mass is 9.96. The Morgan fingerprint density at radius 2 is 1.68 bits per heavy atom. The predicted octanol–water partition coefficient (Wildman–Crippen LogP) is 0.206. The number of aromatic nitrogens is 1. The molecule has 0 aromatic carbocycles. The van der Waals surface area contributed by atoms with Crippen molar-refractivity contribution in [2.24, 2.45) is 5.92 Å². The van der Waals surface area contributed by atoms with E-state index in [0.717, 1.165) is 65.3 Å². The predicted molar refractivity (Wildman–Crippen MR) is 138 cm³/mol. The Morgan fingerprint density at radius 3 is 2.35 bits per heavy atom. The number of likely N-dealkylation sites (tertiary alicyclic amines) is 1. The third-order valence-corrected chi connectivity index (χ3v) is 7.77. The van der Waals surface area contributed by atoms with E-state index in [9.17, 15) is 14.7 Å². The number of hydrogen-bond acceptors (Lipinski definition) is 9. The van der Waals surface area contributed by atoms with Gasteiger partial charge in [0.1, 0.15) is 6.26 Å². The molecule has 11 heteroatoms. The molecule has 1 aromatic rings. The maximum Gasteiger partial charge on any atom is 0.275 e. The van der Waals surface area contributed by atoms with Gasteiger partial charge in [0, 0.05) is 78.5 Å². The molecule has 1 N–H and O–H groups in total. The molecule has 4 rings (SSSR count). The van der Waals surface area contributed by atoms with Gasteiger partial charge in [0.2, 0.25) is 11.8 Å². The van der Waals surface area contributed by atoms with E-state index < -0.39 is 0 Å². The maximum atomic E-state index is 13.1. The quantitative estimate of drug-likeness (QED) is 0.463. The zero-order valence-electron chi connectivity index (χ0n) is 22.5. The Labute approximate surface area is 220 Å². The van der Waals surface area contributed by atoms with Crippen molar-refractivity contribution in [3.63, 3.8) is 0 Å². The number of morpholine rings is 1. The fourth-order valence-electron chi connectivity index (χ4n) is 5.56. The number of piperazine rings is 1. The molecular formula is C26H44N6O5. The summed E-state index contributed by atoms with van der Waals surface area (Å²) >= 11 is 0. The van der Waals surface area contributed by atoms with Gasteiger partial charge in [-0.15, -0.1) is 0 Å². The Morgan fingerprint density at radius 1 is 1.03 bits per heavy atom. The number of aliphatic hydroxyl groups is 1. The summed E-state index contributed by atoms with van der Waals surface area (Å²) in [5.74, 6) is 0.367. The monoisotopic (exact) mass is 520 g/mol. The zero-order chi connectivity index (χ0) is 26.2. The first-order valence-electron chi connectivity index (χ1n) is 13.9. The van der Waals surface area contributed by atoms with Crippen molar-refractivity contribution in [3.8, 4) is 0 Å². The lowest BCUT2D eigenvalue weighted by Crippen LogP contribution is -2.50. The molecular weight excluding hydrogens is 476 g/mol. The topological polar surface area (TPSA) is 106 Å². The summed E-state index contributed by atoms with van der Waals surface area (Å²) in [6, 6.07) is 0. The van der Waals surface area contributed by atoms with Crippen molar-refractivity contribution in [2.45, 2.75) is 39.3 Å². The van der Waals surface area contributed by atoms with E-state index in [0.29, 0.717) is 57.4 Å². The largest absolute Gasteiger partial charge is 0.447 e. The van der Waals surface area contributed by atoms with Gasteiger partial charge in [-0.25, -0.2) is 4.98 Å². The van der Waals surface area contributed by atoms with Crippen LogP contribution in [0.2, 0.25) is 0 Å². The van der Waals surface area contributed by atoms with Crippen LogP contribution in [0.1, 0.15) is 43.1 Å². The van der Waals surface area contributed by atoms with Crippen LogP contribution >= 0.6 is 0 Å². The highest BCUT2D eigenvalue weighted by molar-refractivity contribution is 5.92. The number of aliphatic hydroxyl groups excluding tert-OH is 1. The van der Waals surface area contributed by atoms with Crippen LogP contribution in [0.25, 0.3) is 0 Å². The Kier molecular flexibility index (Phi) is 10.3. The van der Waals surface area contributed by atoms with Gasteiger partial charge in [-0.3, -0.25) is 24.3 Å². The minimum absolute atomic E-state index is 0.135. The van der Waals surface area contributed by atoms with E-state index in [1.165, 1.54) is 6.26 Å². The van der Waals surface area contributed by atoms with Gasteiger partial charge in [-0.2, -0.15) is 0 Å². The number of hydrogen-bond donors (Lipinski definition) is 1. The van der Waals surface area contributed by atoms with Crippen molar-refractivity contribution in [3.05, 3.63) is 17.8 Å². The molecule has 2 amide bonds. The molecule has 3 saturated heterocycles. The molecule has 3 aliphatic rings. The molecule has 11 nitrogen and oxygen atoms in total. The highest BCUT2D eigenvalue weighted by atomic mass is 16.5. The highest BCUT2D eigenvalue weighted by Crippen LogP contribution is 2.21. The third kappa shape index (κ3) is 7.73. The molecule has 3 aliphatic heterocycles. The van der Waals surface area contributed by atoms with Gasteiger partial charge in [0.15, 0.2) is 5.69 Å². The van der Waals surface area contributed by atoms with Crippen molar-refractivity contribution < 1.29 is 23.8 Å². The first-order valence-corrected chi connectivity index (χ1v) is 13.9. The second-order valence-corrected chi connectivity index (χ2v) is 10.4. The van der Waals surface area contributed by atoms with Crippen LogP contribution in [0.4, 0.5) is 0 Å². The first kappa shape index (κ1) is 28.0. The van der Waals surface area contributed by atoms with Gasteiger partial charge >= 0.3 is 0 Å². The number of oxazole rings is 1. The minimum atomic E-state index is -0.360. The van der Waals surface area contributed by atoms with Gasteiger partial charge in [-0.1, -0.05) is 0 Å². The zero-order valence-corrected chi connectivity index (χ0v) is 22.5. The first-order chi connectivity index (χ1) is 18.0. The van der Waals surface area contributed by atoms with Crippen LogP contribution < -0.4 is 0 Å². The molecule has 2 unspecified atom stereocenters. The fraction of sp³-hybridized carbons (Fsp3) is 0.808. The van der Waals surface area contributed by atoms with Crippen molar-refractivity contribution in [2.75, 3.05) is 91.8 Å². The summed E-state index contributed by atoms with van der Waals surface area (Å²) in [7, 11) is 0. The average Bonchev–Trinajstić information content (AvgIpc) is 3.39. The van der Waals surface area contributed by atoms with Gasteiger partial charge in [0.25, 0.3) is 5.91 Å². The molecule has 0 radical (unpaired) electrons. The molecule has 37 heavy (non-hydrogen) atoms. The third-order valence-electron chi connectivity index (χ3n) is 7.77. The summed E-state index contributed by atoms with van der Waals surface area (Å²) in [6.45, 7) is 15.1. The van der Waals surface area contributed by atoms with Crippen LogP contribution in [-0.2, 0) is 16.1 Å². The number of amides is 2. The van der Waals surface area contributed by atoms with Crippen LogP contribution in [-0.4, -0.2) is 144 Å². The Balaban J connectivity index is 1.20. The average molecular weight is 521 g/mol. The van der Waals surface area contributed by atoms with Crippen molar-refractivity contribution in [1.82, 2.24) is 29.5 Å². The highest BCUT2D eigenvalue weighted by Gasteiger charge is 2.32. The SMILES string of the molecule is CCN(CC)C(=O)C1CCCN(C(=O)c2coc(CN3CCN(CC(O)CN4CCOCC4)CC3)n2)C1. The van der Waals surface area contributed by atoms with Crippen LogP contribution in [0.15, 0.2) is 10.7 Å². The van der Waals surface area contributed by atoms with Gasteiger partial charge < -0.3 is 24.1 Å². The second-order valence-electron chi connectivity index (χ2n) is 10.4. The molecule has 1 aromatic heterocycles. The van der Waals surface area contributed by atoms with E-state index >= 15 is 0 Å². The van der Waals surface area contributed by atoms with Crippen molar-refractivity contribution in [1.29, 1.82) is 0 Å². The number of nitrogens with zero attached hydrogens (tertiary/aromatic N) is 6. The number of rotatable bonds is 10. The van der Waals surface area contributed by atoms with Gasteiger partial charge in [0.05, 0.1) is 31.8 Å². The molecule has 0 bridgehead atoms. The molecule has 4 heterocycles. The second kappa shape index (κ2) is 13.7. The number of β-amino-alcohol motifs (C(OH)–C–C–N with tert-alkyl or cyclic N) is 1. The van der Waals surface area contributed by atoms with E-state index in [2.05, 4.69) is 19.7 Å². The lowest BCUT2D eigenvalue weighted by molar-refractivity contribution is -0.136. The van der Waals surface area contributed by atoms with Gasteiger partial charge in [-0.05, 0) is 26.7 Å². The van der Waals surface area contributed by atoms with Crippen LogP contribution in [0.5, 0.6) is 0 Å². The van der Waals surface area contributed by atoms with E-state index in [1.54, 1.807) is 4.90 Å². The fourth-order valence-corrected chi connectivity index (χ4v) is 5.56. The Hall–Kier alpha value is -2.05. The molecule has 0 spiro atoms. The van der Waals surface area contributed by atoms with E-state index in [-0.39, 0.29) is 23.8 Å². The number of carbonyl (C=O) groups excluding carboxylic acids is 2. The molecule has 3 fully saturated rings. The number of piperidine rings is 1. The lowest BCUT2D eigenvalue weighted by Gasteiger charge is -2.36. The number of ether oxygens (including phenoxy) is 1. The minimum Gasteiger partial charge on any atom is -0.447 e. The smallest absolute Gasteiger partial charge is 0.275 e. The summed E-state index contributed by atoms with van der Waals surface area (Å²) in [4.78, 5) is 40.8. The summed E-state index contributed by atoms with van der Waals surface area (Å²) in [5, 5.41) is 10.5.